The highest BCUT2D eigenvalue weighted by Gasteiger charge is 2.24. The van der Waals surface area contributed by atoms with E-state index in [-0.39, 0.29) is 11.6 Å². The minimum absolute atomic E-state index is 0.239. The van der Waals surface area contributed by atoms with Crippen molar-refractivity contribution in [1.29, 1.82) is 0 Å². The third-order valence-corrected chi connectivity index (χ3v) is 4.17. The number of nitrogens with zero attached hydrogens (tertiary/aromatic N) is 4. The van der Waals surface area contributed by atoms with E-state index in [1.165, 1.54) is 6.42 Å². The van der Waals surface area contributed by atoms with Crippen LogP contribution in [0.4, 0.5) is 0 Å². The second-order valence-corrected chi connectivity index (χ2v) is 5.59. The van der Waals surface area contributed by atoms with Crippen molar-refractivity contribution < 1.29 is 9.90 Å². The number of piperidine rings is 1. The van der Waals surface area contributed by atoms with Crippen molar-refractivity contribution in [3.8, 4) is 0 Å². The van der Waals surface area contributed by atoms with E-state index >= 15 is 0 Å². The van der Waals surface area contributed by atoms with Gasteiger partial charge in [-0.3, -0.25) is 0 Å². The van der Waals surface area contributed by atoms with Gasteiger partial charge in [0.15, 0.2) is 0 Å². The summed E-state index contributed by atoms with van der Waals surface area (Å²) in [7, 11) is 0. The number of carboxylic acids is 1. The highest BCUT2D eigenvalue weighted by atomic mass is 16.4. The Morgan fingerprint density at radius 2 is 2.14 bits per heavy atom. The van der Waals surface area contributed by atoms with Gasteiger partial charge in [-0.25, -0.2) is 9.48 Å². The molecule has 6 heteroatoms. The molecule has 3 rings (SSSR count). The van der Waals surface area contributed by atoms with Crippen LogP contribution in [-0.4, -0.2) is 50.6 Å². The van der Waals surface area contributed by atoms with Crippen molar-refractivity contribution in [2.45, 2.75) is 32.2 Å². The van der Waals surface area contributed by atoms with Crippen molar-refractivity contribution in [2.75, 3.05) is 19.6 Å². The van der Waals surface area contributed by atoms with Crippen molar-refractivity contribution in [1.82, 2.24) is 19.9 Å². The van der Waals surface area contributed by atoms with Crippen molar-refractivity contribution >= 4 is 17.0 Å². The number of aromatic carboxylic acids is 1. The molecule has 1 saturated heterocycles. The molecule has 1 aliphatic heterocycles. The fourth-order valence-electron chi connectivity index (χ4n) is 3.13. The summed E-state index contributed by atoms with van der Waals surface area (Å²) in [6, 6.07) is 5.40. The first kappa shape index (κ1) is 14.0. The van der Waals surface area contributed by atoms with E-state index in [0.29, 0.717) is 11.0 Å². The first-order valence-corrected chi connectivity index (χ1v) is 7.50. The van der Waals surface area contributed by atoms with Crippen molar-refractivity contribution in [3.05, 3.63) is 23.8 Å². The number of aromatic nitrogens is 3. The first-order valence-electron chi connectivity index (χ1n) is 7.50. The smallest absolute Gasteiger partial charge is 0.337 e. The van der Waals surface area contributed by atoms with Gasteiger partial charge in [0.05, 0.1) is 11.6 Å². The van der Waals surface area contributed by atoms with Gasteiger partial charge in [0.1, 0.15) is 11.0 Å². The molecular formula is C15H20N4O2. The number of fused-ring (bicyclic) bond motifs is 1. The van der Waals surface area contributed by atoms with Crippen LogP contribution in [0.2, 0.25) is 0 Å². The molecule has 1 N–H and O–H groups in total. The summed E-state index contributed by atoms with van der Waals surface area (Å²) in [6.45, 7) is 5.39. The van der Waals surface area contributed by atoms with Crippen LogP contribution in [-0.2, 0) is 0 Å². The van der Waals surface area contributed by atoms with Crippen LogP contribution >= 0.6 is 0 Å². The third-order valence-electron chi connectivity index (χ3n) is 4.17. The number of carbonyl (C=O) groups is 1. The lowest BCUT2D eigenvalue weighted by molar-refractivity contribution is 0.0698. The van der Waals surface area contributed by atoms with E-state index < -0.39 is 5.97 Å². The van der Waals surface area contributed by atoms with E-state index in [1.807, 2.05) is 10.7 Å². The molecule has 6 nitrogen and oxygen atoms in total. The Hall–Kier alpha value is -1.95. The molecule has 2 heterocycles. The molecule has 0 unspecified atom stereocenters. The number of carboxylic acid groups (broad SMARTS) is 1. The molecule has 0 spiro atoms. The quantitative estimate of drug-likeness (QED) is 0.933. The topological polar surface area (TPSA) is 71.2 Å². The summed E-state index contributed by atoms with van der Waals surface area (Å²) in [5, 5.41) is 17.7. The molecule has 1 fully saturated rings. The SMILES string of the molecule is CCCN1CCC(n2nnc3cccc(C(=O)O)c32)CC1. The van der Waals surface area contributed by atoms with Crippen LogP contribution in [0, 0.1) is 0 Å². The average molecular weight is 288 g/mol. The van der Waals surface area contributed by atoms with Gasteiger partial charge in [-0.05, 0) is 37.9 Å². The van der Waals surface area contributed by atoms with Gasteiger partial charge in [0, 0.05) is 13.1 Å². The maximum atomic E-state index is 11.4. The monoisotopic (exact) mass is 288 g/mol. The Labute approximate surface area is 123 Å². The summed E-state index contributed by atoms with van der Waals surface area (Å²) >= 11 is 0. The number of hydrogen-bond donors (Lipinski definition) is 1. The molecule has 0 amide bonds. The van der Waals surface area contributed by atoms with Crippen LogP contribution in [0.15, 0.2) is 18.2 Å². The lowest BCUT2D eigenvalue weighted by Gasteiger charge is -2.31. The molecule has 21 heavy (non-hydrogen) atoms. The van der Waals surface area contributed by atoms with Crippen LogP contribution in [0.3, 0.4) is 0 Å². The molecule has 112 valence electrons. The molecule has 0 radical (unpaired) electrons. The van der Waals surface area contributed by atoms with Gasteiger partial charge in [-0.2, -0.15) is 0 Å². The van der Waals surface area contributed by atoms with E-state index in [0.717, 1.165) is 32.5 Å². The van der Waals surface area contributed by atoms with Gasteiger partial charge in [-0.15, -0.1) is 5.10 Å². The minimum atomic E-state index is -0.924. The number of para-hydroxylation sites is 1. The lowest BCUT2D eigenvalue weighted by atomic mass is 10.0. The molecule has 1 aliphatic rings. The van der Waals surface area contributed by atoms with Crippen LogP contribution < -0.4 is 0 Å². The Kier molecular flexibility index (Phi) is 3.88. The van der Waals surface area contributed by atoms with Gasteiger partial charge in [0.2, 0.25) is 0 Å². The van der Waals surface area contributed by atoms with Gasteiger partial charge in [0.25, 0.3) is 0 Å². The maximum absolute atomic E-state index is 11.4. The molecular weight excluding hydrogens is 268 g/mol. The highest BCUT2D eigenvalue weighted by Crippen LogP contribution is 2.27. The number of likely N-dealkylation sites (tertiary alicyclic amines) is 1. The van der Waals surface area contributed by atoms with Crippen LogP contribution in [0.5, 0.6) is 0 Å². The second-order valence-electron chi connectivity index (χ2n) is 5.59. The molecule has 0 atom stereocenters. The maximum Gasteiger partial charge on any atom is 0.337 e. The zero-order valence-corrected chi connectivity index (χ0v) is 12.2. The predicted molar refractivity (Wildman–Crippen MR) is 79.5 cm³/mol. The minimum Gasteiger partial charge on any atom is -0.478 e. The Morgan fingerprint density at radius 1 is 1.38 bits per heavy atom. The van der Waals surface area contributed by atoms with Gasteiger partial charge < -0.3 is 10.0 Å². The molecule has 0 saturated carbocycles. The summed E-state index contributed by atoms with van der Waals surface area (Å²) in [5.74, 6) is -0.924. The summed E-state index contributed by atoms with van der Waals surface area (Å²) in [4.78, 5) is 13.9. The van der Waals surface area contributed by atoms with E-state index in [1.54, 1.807) is 12.1 Å². The van der Waals surface area contributed by atoms with E-state index in [4.69, 9.17) is 0 Å². The normalized spacial score (nSPS) is 17.4. The average Bonchev–Trinajstić information content (AvgIpc) is 2.92. The lowest BCUT2D eigenvalue weighted by Crippen LogP contribution is -2.35. The summed E-state index contributed by atoms with van der Waals surface area (Å²) < 4.78 is 1.82. The second kappa shape index (κ2) is 5.81. The van der Waals surface area contributed by atoms with Gasteiger partial charge in [-0.1, -0.05) is 18.2 Å². The fourth-order valence-corrected chi connectivity index (χ4v) is 3.13. The zero-order valence-electron chi connectivity index (χ0n) is 12.2. The van der Waals surface area contributed by atoms with E-state index in [2.05, 4.69) is 22.1 Å². The Bertz CT molecular complexity index is 644. The molecule has 0 bridgehead atoms. The summed E-state index contributed by atoms with van der Waals surface area (Å²) in [6.07, 6.45) is 3.15. The standard InChI is InChI=1S/C15H20N4O2/c1-2-8-18-9-6-11(7-10-18)19-14-12(15(20)21)4-3-5-13(14)16-17-19/h3-5,11H,2,6-10H2,1H3,(H,20,21). The number of hydrogen-bond acceptors (Lipinski definition) is 4. The highest BCUT2D eigenvalue weighted by molar-refractivity contribution is 6.00. The van der Waals surface area contributed by atoms with Crippen molar-refractivity contribution in [3.63, 3.8) is 0 Å². The summed E-state index contributed by atoms with van der Waals surface area (Å²) in [5.41, 5.74) is 1.60. The molecule has 1 aromatic carbocycles. The van der Waals surface area contributed by atoms with E-state index in [9.17, 15) is 9.90 Å². The number of rotatable bonds is 4. The van der Waals surface area contributed by atoms with Crippen LogP contribution in [0.1, 0.15) is 42.6 Å². The Morgan fingerprint density at radius 3 is 2.81 bits per heavy atom. The van der Waals surface area contributed by atoms with Crippen molar-refractivity contribution in [2.24, 2.45) is 0 Å². The molecule has 2 aromatic rings. The largest absolute Gasteiger partial charge is 0.478 e. The fraction of sp³-hybridized carbons (Fsp3) is 0.533. The molecule has 0 aliphatic carbocycles. The first-order chi connectivity index (χ1) is 10.2. The third kappa shape index (κ3) is 2.63. The number of benzene rings is 1. The van der Waals surface area contributed by atoms with Gasteiger partial charge >= 0.3 is 5.97 Å². The molecule has 1 aromatic heterocycles. The zero-order chi connectivity index (χ0) is 14.8. The predicted octanol–water partition coefficient (Wildman–Crippen LogP) is 2.18. The Balaban J connectivity index is 1.90. The van der Waals surface area contributed by atoms with Crippen LogP contribution in [0.25, 0.3) is 11.0 Å².